The van der Waals surface area contributed by atoms with Gasteiger partial charge in [0.15, 0.2) is 16.8 Å². The predicted octanol–water partition coefficient (Wildman–Crippen LogP) is 4.48. The van der Waals surface area contributed by atoms with E-state index in [1.165, 1.54) is 11.8 Å². The molecule has 10 heteroatoms. The number of thioether (sulfide) groups is 1. The number of furan rings is 1. The van der Waals surface area contributed by atoms with Crippen LogP contribution in [-0.2, 0) is 12.3 Å². The van der Waals surface area contributed by atoms with E-state index in [1.54, 1.807) is 18.1 Å². The van der Waals surface area contributed by atoms with E-state index in [0.29, 0.717) is 12.3 Å². The van der Waals surface area contributed by atoms with E-state index in [1.807, 2.05) is 47.0 Å². The normalized spacial score (nSPS) is 11.1. The molecule has 0 N–H and O–H groups in total. The first-order valence-corrected chi connectivity index (χ1v) is 11.7. The molecule has 0 spiro atoms. The average Bonchev–Trinajstić information content (AvgIpc) is 3.60. The van der Waals surface area contributed by atoms with Crippen LogP contribution in [-0.4, -0.2) is 42.1 Å². The Balaban J connectivity index is 1.47. The number of ether oxygens (including phenoxy) is 1. The minimum absolute atomic E-state index is 0.497. The first kappa shape index (κ1) is 21.9. The molecule has 0 atom stereocenters. The molecule has 0 unspecified atom stereocenters. The summed E-state index contributed by atoms with van der Waals surface area (Å²) in [5.74, 6) is 3.55. The van der Waals surface area contributed by atoms with Crippen molar-refractivity contribution in [2.24, 2.45) is 0 Å². The van der Waals surface area contributed by atoms with Gasteiger partial charge >= 0.3 is 0 Å². The summed E-state index contributed by atoms with van der Waals surface area (Å²) in [6.07, 6.45) is 1.66. The summed E-state index contributed by atoms with van der Waals surface area (Å²) >= 11 is 1.53. The van der Waals surface area contributed by atoms with Gasteiger partial charge < -0.3 is 9.15 Å². The summed E-state index contributed by atoms with van der Waals surface area (Å²) in [4.78, 5) is 0. The molecular formula is C24H23N7O2S. The second-order valence-corrected chi connectivity index (χ2v) is 8.68. The van der Waals surface area contributed by atoms with Gasteiger partial charge in [-0.15, -0.1) is 15.3 Å². The smallest absolute Gasteiger partial charge is 0.192 e. The van der Waals surface area contributed by atoms with Crippen LogP contribution in [0.15, 0.2) is 70.4 Å². The molecule has 34 heavy (non-hydrogen) atoms. The molecule has 2 aromatic carbocycles. The van der Waals surface area contributed by atoms with E-state index in [-0.39, 0.29) is 0 Å². The number of benzene rings is 2. The fourth-order valence-corrected chi connectivity index (χ4v) is 4.65. The highest BCUT2D eigenvalue weighted by atomic mass is 32.2. The van der Waals surface area contributed by atoms with Crippen molar-refractivity contribution in [3.63, 3.8) is 0 Å². The van der Waals surface area contributed by atoms with Gasteiger partial charge in [-0.1, -0.05) is 42.1 Å². The molecule has 0 bridgehead atoms. The fourth-order valence-electron chi connectivity index (χ4n) is 3.81. The maximum atomic E-state index is 5.60. The van der Waals surface area contributed by atoms with Crippen molar-refractivity contribution >= 4 is 11.8 Å². The summed E-state index contributed by atoms with van der Waals surface area (Å²) in [6, 6.07) is 17.7. The lowest BCUT2D eigenvalue weighted by molar-refractivity contribution is 0.415. The van der Waals surface area contributed by atoms with Crippen molar-refractivity contribution in [3.05, 3.63) is 83.6 Å². The standard InChI is InChI=1S/C24H23N7O2S/c1-16-7-4-8-17(2)22(16)31-21(25-28-29-31)15-34-24-27-26-23(18-9-5-10-19(13-18)32-3)30(24)14-20-11-6-12-33-20/h4-13H,14-15H2,1-3H3. The van der Waals surface area contributed by atoms with Crippen molar-refractivity contribution in [1.82, 2.24) is 35.0 Å². The largest absolute Gasteiger partial charge is 0.497 e. The Bertz CT molecular complexity index is 1390. The highest BCUT2D eigenvalue weighted by Gasteiger charge is 2.19. The topological polar surface area (TPSA) is 96.7 Å². The Morgan fingerprint density at radius 2 is 1.79 bits per heavy atom. The molecule has 0 aliphatic rings. The van der Waals surface area contributed by atoms with E-state index in [9.17, 15) is 0 Å². The third-order valence-corrected chi connectivity index (χ3v) is 6.42. The molecule has 0 aliphatic carbocycles. The van der Waals surface area contributed by atoms with Gasteiger partial charge in [-0.25, -0.2) is 0 Å². The van der Waals surface area contributed by atoms with Crippen LogP contribution >= 0.6 is 11.8 Å². The van der Waals surface area contributed by atoms with Gasteiger partial charge in [0.1, 0.15) is 11.5 Å². The molecule has 5 rings (SSSR count). The van der Waals surface area contributed by atoms with Crippen molar-refractivity contribution in [1.29, 1.82) is 0 Å². The number of hydrogen-bond donors (Lipinski definition) is 0. The molecule has 0 aliphatic heterocycles. The van der Waals surface area contributed by atoms with E-state index in [2.05, 4.69) is 51.7 Å². The molecule has 0 amide bonds. The molecule has 9 nitrogen and oxygen atoms in total. The lowest BCUT2D eigenvalue weighted by Gasteiger charge is -2.11. The third-order valence-electron chi connectivity index (χ3n) is 5.45. The lowest BCUT2D eigenvalue weighted by atomic mass is 10.1. The molecule has 0 saturated heterocycles. The Morgan fingerprint density at radius 3 is 2.56 bits per heavy atom. The summed E-state index contributed by atoms with van der Waals surface area (Å²) in [7, 11) is 1.65. The number of methoxy groups -OCH3 is 1. The van der Waals surface area contributed by atoms with Crippen LogP contribution in [0.3, 0.4) is 0 Å². The summed E-state index contributed by atoms with van der Waals surface area (Å²) < 4.78 is 14.8. The van der Waals surface area contributed by atoms with Crippen molar-refractivity contribution in [3.8, 4) is 22.8 Å². The zero-order chi connectivity index (χ0) is 23.5. The minimum atomic E-state index is 0.497. The van der Waals surface area contributed by atoms with E-state index in [0.717, 1.165) is 50.7 Å². The Labute approximate surface area is 200 Å². The number of aryl methyl sites for hydroxylation is 2. The van der Waals surface area contributed by atoms with Crippen molar-refractivity contribution < 1.29 is 9.15 Å². The second kappa shape index (κ2) is 9.52. The van der Waals surface area contributed by atoms with Crippen LogP contribution < -0.4 is 4.74 Å². The molecule has 0 fully saturated rings. The van der Waals surface area contributed by atoms with Gasteiger partial charge in [-0.3, -0.25) is 4.57 Å². The zero-order valence-electron chi connectivity index (χ0n) is 19.0. The van der Waals surface area contributed by atoms with Crippen LogP contribution in [0.25, 0.3) is 17.1 Å². The highest BCUT2D eigenvalue weighted by molar-refractivity contribution is 7.98. The van der Waals surface area contributed by atoms with E-state index >= 15 is 0 Å². The molecular weight excluding hydrogens is 450 g/mol. The van der Waals surface area contributed by atoms with Gasteiger partial charge in [0.05, 0.1) is 31.4 Å². The number of rotatable bonds is 8. The first-order valence-electron chi connectivity index (χ1n) is 10.7. The van der Waals surface area contributed by atoms with Crippen LogP contribution in [0, 0.1) is 13.8 Å². The van der Waals surface area contributed by atoms with Crippen LogP contribution in [0.1, 0.15) is 22.7 Å². The van der Waals surface area contributed by atoms with Gasteiger partial charge in [0.2, 0.25) is 0 Å². The molecule has 0 saturated carbocycles. The average molecular weight is 474 g/mol. The number of para-hydroxylation sites is 1. The minimum Gasteiger partial charge on any atom is -0.497 e. The van der Waals surface area contributed by atoms with Crippen LogP contribution in [0.4, 0.5) is 0 Å². The molecule has 5 aromatic rings. The molecule has 3 aromatic heterocycles. The predicted molar refractivity (Wildman–Crippen MR) is 128 cm³/mol. The summed E-state index contributed by atoms with van der Waals surface area (Å²) in [5.41, 5.74) is 4.13. The lowest BCUT2D eigenvalue weighted by Crippen LogP contribution is -2.07. The Kier molecular flexibility index (Phi) is 6.13. The van der Waals surface area contributed by atoms with Crippen LogP contribution in [0.2, 0.25) is 0 Å². The van der Waals surface area contributed by atoms with Crippen molar-refractivity contribution in [2.45, 2.75) is 31.3 Å². The quantitative estimate of drug-likeness (QED) is 0.304. The summed E-state index contributed by atoms with van der Waals surface area (Å²) in [5, 5.41) is 22.2. The maximum Gasteiger partial charge on any atom is 0.192 e. The summed E-state index contributed by atoms with van der Waals surface area (Å²) in [6.45, 7) is 4.61. The third kappa shape index (κ3) is 4.32. The molecule has 0 radical (unpaired) electrons. The van der Waals surface area contributed by atoms with Gasteiger partial charge in [-0.05, 0) is 59.7 Å². The SMILES string of the molecule is COc1cccc(-c2nnc(SCc3nnnn3-c3c(C)cccc3C)n2Cc2ccco2)c1. The fraction of sp³-hybridized carbons (Fsp3) is 0.208. The first-order chi connectivity index (χ1) is 16.6. The monoisotopic (exact) mass is 473 g/mol. The number of hydrogen-bond acceptors (Lipinski definition) is 8. The van der Waals surface area contributed by atoms with Crippen molar-refractivity contribution in [2.75, 3.05) is 7.11 Å². The molecule has 3 heterocycles. The number of nitrogens with zero attached hydrogens (tertiary/aromatic N) is 7. The molecule has 172 valence electrons. The van der Waals surface area contributed by atoms with Crippen LogP contribution in [0.5, 0.6) is 5.75 Å². The second-order valence-electron chi connectivity index (χ2n) is 7.74. The highest BCUT2D eigenvalue weighted by Crippen LogP contribution is 2.29. The number of aromatic nitrogens is 7. The maximum absolute atomic E-state index is 5.60. The zero-order valence-corrected chi connectivity index (χ0v) is 19.9. The van der Waals surface area contributed by atoms with Gasteiger partial charge in [0.25, 0.3) is 0 Å². The van der Waals surface area contributed by atoms with E-state index in [4.69, 9.17) is 9.15 Å². The Morgan fingerprint density at radius 1 is 0.971 bits per heavy atom. The van der Waals surface area contributed by atoms with E-state index < -0.39 is 0 Å². The van der Waals surface area contributed by atoms with Gasteiger partial charge in [0, 0.05) is 5.56 Å². The number of tetrazole rings is 1. The van der Waals surface area contributed by atoms with Gasteiger partial charge in [-0.2, -0.15) is 4.68 Å². The Hall–Kier alpha value is -3.92.